The molecule has 0 aromatic carbocycles. The Morgan fingerprint density at radius 1 is 1.60 bits per heavy atom. The van der Waals surface area contributed by atoms with E-state index in [4.69, 9.17) is 0 Å². The average Bonchev–Trinajstić information content (AvgIpc) is 2.34. The first-order chi connectivity index (χ1) is 4.79. The second kappa shape index (κ2) is 4.52. The number of hydrogen-bond acceptors (Lipinski definition) is 3. The van der Waals surface area contributed by atoms with Crippen LogP contribution in [0, 0.1) is 0 Å². The van der Waals surface area contributed by atoms with Gasteiger partial charge in [-0.2, -0.15) is 0 Å². The zero-order valence-electron chi connectivity index (χ0n) is 6.59. The first kappa shape index (κ1) is 8.75. The molecule has 60 valence electrons. The molecule has 10 heavy (non-hydrogen) atoms. The van der Waals surface area contributed by atoms with Gasteiger partial charge in [-0.3, -0.25) is 0 Å². The van der Waals surface area contributed by atoms with E-state index in [0.29, 0.717) is 6.04 Å². The maximum absolute atomic E-state index is 3.45. The molecule has 1 N–H and O–H groups in total. The molecule has 1 aliphatic rings. The van der Waals surface area contributed by atoms with Gasteiger partial charge in [0.25, 0.3) is 0 Å². The predicted molar refractivity (Wildman–Crippen MR) is 51.6 cm³/mol. The molecule has 0 aliphatic carbocycles. The van der Waals surface area contributed by atoms with Crippen LogP contribution >= 0.6 is 21.6 Å². The van der Waals surface area contributed by atoms with E-state index in [-0.39, 0.29) is 0 Å². The van der Waals surface area contributed by atoms with Gasteiger partial charge < -0.3 is 5.32 Å². The predicted octanol–water partition coefficient (Wildman–Crippen LogP) is 2.14. The summed E-state index contributed by atoms with van der Waals surface area (Å²) in [5.74, 6) is 1.34. The van der Waals surface area contributed by atoms with E-state index in [1.807, 2.05) is 21.6 Å². The van der Waals surface area contributed by atoms with Gasteiger partial charge in [-0.1, -0.05) is 35.4 Å². The van der Waals surface area contributed by atoms with Crippen LogP contribution in [0.25, 0.3) is 0 Å². The Morgan fingerprint density at radius 2 is 2.40 bits per heavy atom. The Labute approximate surface area is 71.1 Å². The largest absolute Gasteiger partial charge is 0.313 e. The monoisotopic (exact) mass is 177 g/mol. The van der Waals surface area contributed by atoms with Crippen LogP contribution in [0.4, 0.5) is 0 Å². The summed E-state index contributed by atoms with van der Waals surface area (Å²) < 4.78 is 0. The van der Waals surface area contributed by atoms with E-state index < -0.39 is 0 Å². The highest BCUT2D eigenvalue weighted by Gasteiger charge is 2.15. The minimum atomic E-state index is 0.645. The molecule has 0 bridgehead atoms. The molecule has 0 radical (unpaired) electrons. The molecule has 1 rings (SSSR count). The summed E-state index contributed by atoms with van der Waals surface area (Å²) in [6.07, 6.45) is 1.38. The molecule has 1 heterocycles. The molecule has 1 aliphatic heterocycles. The van der Waals surface area contributed by atoms with Crippen molar-refractivity contribution in [3.05, 3.63) is 0 Å². The van der Waals surface area contributed by atoms with Crippen molar-refractivity contribution in [2.75, 3.05) is 12.3 Å². The molecular weight excluding hydrogens is 162 g/mol. The number of nitrogens with one attached hydrogen (secondary N) is 1. The van der Waals surface area contributed by atoms with Gasteiger partial charge in [-0.05, 0) is 6.42 Å². The summed E-state index contributed by atoms with van der Waals surface area (Å²) in [5.41, 5.74) is 0. The first-order valence-electron chi connectivity index (χ1n) is 3.80. The van der Waals surface area contributed by atoms with Gasteiger partial charge in [0.2, 0.25) is 0 Å². The Bertz CT molecular complexity index is 89.6. The fourth-order valence-corrected chi connectivity index (χ4v) is 3.72. The highest BCUT2D eigenvalue weighted by molar-refractivity contribution is 8.77. The van der Waals surface area contributed by atoms with Crippen LogP contribution in [-0.2, 0) is 0 Å². The van der Waals surface area contributed by atoms with Gasteiger partial charge >= 0.3 is 0 Å². The summed E-state index contributed by atoms with van der Waals surface area (Å²) in [4.78, 5) is 0. The van der Waals surface area contributed by atoms with Crippen molar-refractivity contribution in [1.82, 2.24) is 5.32 Å². The molecule has 3 heteroatoms. The van der Waals surface area contributed by atoms with Crippen molar-refractivity contribution < 1.29 is 0 Å². The van der Waals surface area contributed by atoms with Crippen molar-refractivity contribution in [3.63, 3.8) is 0 Å². The molecule has 0 amide bonds. The van der Waals surface area contributed by atoms with Gasteiger partial charge in [0.05, 0.1) is 0 Å². The van der Waals surface area contributed by atoms with Gasteiger partial charge in [0.1, 0.15) is 0 Å². The zero-order chi connectivity index (χ0) is 7.40. The van der Waals surface area contributed by atoms with Crippen molar-refractivity contribution in [2.24, 2.45) is 0 Å². The topological polar surface area (TPSA) is 12.0 Å². The van der Waals surface area contributed by atoms with Gasteiger partial charge in [-0.25, -0.2) is 0 Å². The van der Waals surface area contributed by atoms with Crippen LogP contribution in [-0.4, -0.2) is 23.6 Å². The molecular formula is C7H15NS2. The molecule has 1 saturated heterocycles. The van der Waals surface area contributed by atoms with Crippen LogP contribution in [0.2, 0.25) is 0 Å². The Morgan fingerprint density at radius 3 is 2.90 bits per heavy atom. The highest BCUT2D eigenvalue weighted by Crippen LogP contribution is 2.36. The van der Waals surface area contributed by atoms with Gasteiger partial charge in [0.15, 0.2) is 0 Å². The maximum atomic E-state index is 3.45. The van der Waals surface area contributed by atoms with E-state index >= 15 is 0 Å². The molecule has 0 aromatic heterocycles. The number of hydrogen-bond donors (Lipinski definition) is 1. The minimum absolute atomic E-state index is 0.645. The molecule has 0 saturated carbocycles. The third-order valence-corrected chi connectivity index (χ3v) is 4.42. The smallest absolute Gasteiger partial charge is 0.0284 e. The highest BCUT2D eigenvalue weighted by atomic mass is 33.1. The van der Waals surface area contributed by atoms with E-state index in [1.54, 1.807) is 0 Å². The second-order valence-corrected chi connectivity index (χ2v) is 5.68. The maximum Gasteiger partial charge on any atom is 0.0284 e. The van der Waals surface area contributed by atoms with Crippen LogP contribution in [0.3, 0.4) is 0 Å². The SMILES string of the molecule is CC(C)NCC1CCSS1. The summed E-state index contributed by atoms with van der Waals surface area (Å²) in [6, 6.07) is 0.645. The van der Waals surface area contributed by atoms with Gasteiger partial charge in [0, 0.05) is 23.6 Å². The third kappa shape index (κ3) is 3.17. The lowest BCUT2D eigenvalue weighted by Gasteiger charge is -2.11. The van der Waals surface area contributed by atoms with Crippen molar-refractivity contribution in [1.29, 1.82) is 0 Å². The van der Waals surface area contributed by atoms with E-state index in [1.165, 1.54) is 18.7 Å². The summed E-state index contributed by atoms with van der Waals surface area (Å²) in [7, 11) is 4.05. The lowest BCUT2D eigenvalue weighted by Crippen LogP contribution is -2.29. The lowest BCUT2D eigenvalue weighted by atomic mass is 10.3. The van der Waals surface area contributed by atoms with Crippen molar-refractivity contribution in [3.8, 4) is 0 Å². The lowest BCUT2D eigenvalue weighted by molar-refractivity contribution is 0.577. The second-order valence-electron chi connectivity index (χ2n) is 2.89. The average molecular weight is 177 g/mol. The zero-order valence-corrected chi connectivity index (χ0v) is 8.23. The first-order valence-corrected chi connectivity index (χ1v) is 6.19. The summed E-state index contributed by atoms with van der Waals surface area (Å²) >= 11 is 0. The molecule has 1 fully saturated rings. The van der Waals surface area contributed by atoms with Crippen LogP contribution in [0.15, 0.2) is 0 Å². The van der Waals surface area contributed by atoms with Crippen LogP contribution in [0.5, 0.6) is 0 Å². The van der Waals surface area contributed by atoms with Crippen molar-refractivity contribution in [2.45, 2.75) is 31.6 Å². The molecule has 0 spiro atoms. The fourth-order valence-electron chi connectivity index (χ4n) is 0.875. The van der Waals surface area contributed by atoms with Gasteiger partial charge in [-0.15, -0.1) is 0 Å². The minimum Gasteiger partial charge on any atom is -0.313 e. The van der Waals surface area contributed by atoms with E-state index in [9.17, 15) is 0 Å². The molecule has 1 unspecified atom stereocenters. The third-order valence-electron chi connectivity index (χ3n) is 1.48. The van der Waals surface area contributed by atoms with Crippen LogP contribution < -0.4 is 5.32 Å². The van der Waals surface area contributed by atoms with Crippen molar-refractivity contribution >= 4 is 21.6 Å². The molecule has 1 atom stereocenters. The fraction of sp³-hybridized carbons (Fsp3) is 1.00. The Balaban J connectivity index is 2.01. The number of rotatable bonds is 3. The van der Waals surface area contributed by atoms with Crippen LogP contribution in [0.1, 0.15) is 20.3 Å². The Kier molecular flexibility index (Phi) is 3.96. The molecule has 1 nitrogen and oxygen atoms in total. The quantitative estimate of drug-likeness (QED) is 0.663. The summed E-state index contributed by atoms with van der Waals surface area (Å²) in [6.45, 7) is 5.59. The normalized spacial score (nSPS) is 26.1. The molecule has 0 aromatic rings. The van der Waals surface area contributed by atoms with E-state index in [2.05, 4.69) is 19.2 Å². The summed E-state index contributed by atoms with van der Waals surface area (Å²) in [5, 5.41) is 4.32. The standard InChI is InChI=1S/C7H15NS2/c1-6(2)8-5-7-3-4-9-10-7/h6-8H,3-5H2,1-2H3. The Hall–Kier alpha value is 0.660. The van der Waals surface area contributed by atoms with E-state index in [0.717, 1.165) is 5.25 Å².